The van der Waals surface area contributed by atoms with Crippen LogP contribution in [0.5, 0.6) is 0 Å². The summed E-state index contributed by atoms with van der Waals surface area (Å²) in [6.45, 7) is 6.76. The molecule has 1 aromatic carbocycles. The Kier molecular flexibility index (Phi) is 5.18. The minimum Gasteiger partial charge on any atom is -0.372 e. The van der Waals surface area contributed by atoms with Crippen LogP contribution in [-0.4, -0.2) is 60.6 Å². The van der Waals surface area contributed by atoms with E-state index in [1.54, 1.807) is 11.8 Å². The second-order valence-electron chi connectivity index (χ2n) is 6.93. The van der Waals surface area contributed by atoms with Crippen LogP contribution in [0.3, 0.4) is 0 Å². The number of hydrogen-bond acceptors (Lipinski definition) is 4. The average Bonchev–Trinajstić information content (AvgIpc) is 2.59. The summed E-state index contributed by atoms with van der Waals surface area (Å²) in [4.78, 5) is 15.0. The van der Waals surface area contributed by atoms with Crippen LogP contribution in [0.4, 0.5) is 0 Å². The zero-order valence-electron chi connectivity index (χ0n) is 15.0. The predicted octanol–water partition coefficient (Wildman–Crippen LogP) is 1.40. The van der Waals surface area contributed by atoms with Gasteiger partial charge in [0.2, 0.25) is 15.9 Å². The van der Waals surface area contributed by atoms with Gasteiger partial charge in [0.1, 0.15) is 6.04 Å². The van der Waals surface area contributed by atoms with Gasteiger partial charge in [0.25, 0.3) is 0 Å². The second-order valence-corrected chi connectivity index (χ2v) is 9.15. The molecule has 0 radical (unpaired) electrons. The Bertz CT molecular complexity index is 739. The fourth-order valence-electron chi connectivity index (χ4n) is 3.74. The lowest BCUT2D eigenvalue weighted by atomic mass is 9.95. The highest BCUT2D eigenvalue weighted by Crippen LogP contribution is 2.28. The molecular formula is C18H26N2O4S. The van der Waals surface area contributed by atoms with Crippen molar-refractivity contribution in [3.8, 4) is 0 Å². The molecule has 0 bridgehead atoms. The van der Waals surface area contributed by atoms with Crippen LogP contribution in [0, 0.1) is 0 Å². The molecule has 2 aliphatic heterocycles. The third-order valence-electron chi connectivity index (χ3n) is 4.94. The SMILES string of the molecule is CCS(=O)(=O)N1Cc2ccccc2C[C@@H]1C(=O)N1C[C@@H](C)O[C@@H](C)C1. The monoisotopic (exact) mass is 366 g/mol. The summed E-state index contributed by atoms with van der Waals surface area (Å²) < 4.78 is 32.3. The highest BCUT2D eigenvalue weighted by atomic mass is 32.2. The zero-order chi connectivity index (χ0) is 18.2. The van der Waals surface area contributed by atoms with Crippen LogP contribution < -0.4 is 0 Å². The first-order valence-electron chi connectivity index (χ1n) is 8.82. The van der Waals surface area contributed by atoms with Gasteiger partial charge in [0, 0.05) is 19.6 Å². The predicted molar refractivity (Wildman–Crippen MR) is 95.5 cm³/mol. The molecule has 1 amide bonds. The van der Waals surface area contributed by atoms with E-state index in [0.717, 1.165) is 11.1 Å². The number of fused-ring (bicyclic) bond motifs is 1. The Labute approximate surface area is 149 Å². The Hall–Kier alpha value is -1.44. The number of ether oxygens (including phenoxy) is 1. The number of rotatable bonds is 3. The number of nitrogens with zero attached hydrogens (tertiary/aromatic N) is 2. The Balaban J connectivity index is 1.92. The van der Waals surface area contributed by atoms with Crippen LogP contribution in [0.1, 0.15) is 31.9 Å². The molecule has 0 N–H and O–H groups in total. The number of amides is 1. The topological polar surface area (TPSA) is 66.9 Å². The smallest absolute Gasteiger partial charge is 0.241 e. The van der Waals surface area contributed by atoms with Crippen LogP contribution in [0.25, 0.3) is 0 Å². The standard InChI is InChI=1S/C18H26N2O4S/c1-4-25(22,23)20-12-16-8-6-5-7-15(16)9-17(20)18(21)19-10-13(2)24-14(3)11-19/h5-8,13-14,17H,4,9-12H2,1-3H3/t13-,14+,17-/m1/s1. The van der Waals surface area contributed by atoms with E-state index in [1.165, 1.54) is 4.31 Å². The zero-order valence-corrected chi connectivity index (χ0v) is 15.8. The van der Waals surface area contributed by atoms with Gasteiger partial charge in [-0.05, 0) is 38.3 Å². The van der Waals surface area contributed by atoms with E-state index < -0.39 is 16.1 Å². The van der Waals surface area contributed by atoms with Crippen molar-refractivity contribution < 1.29 is 17.9 Å². The highest BCUT2D eigenvalue weighted by molar-refractivity contribution is 7.89. The molecule has 0 saturated carbocycles. The van der Waals surface area contributed by atoms with Crippen molar-refractivity contribution in [2.45, 2.75) is 52.0 Å². The van der Waals surface area contributed by atoms with Crippen LogP contribution >= 0.6 is 0 Å². The lowest BCUT2D eigenvalue weighted by Crippen LogP contribution is -2.57. The normalized spacial score (nSPS) is 27.8. The number of carbonyl (C=O) groups excluding carboxylic acids is 1. The lowest BCUT2D eigenvalue weighted by Gasteiger charge is -2.41. The average molecular weight is 366 g/mol. The third kappa shape index (κ3) is 3.73. The van der Waals surface area contributed by atoms with E-state index in [0.29, 0.717) is 19.5 Å². The fourth-order valence-corrected chi connectivity index (χ4v) is 4.96. The highest BCUT2D eigenvalue weighted by Gasteiger charge is 2.41. The first-order chi connectivity index (χ1) is 11.8. The summed E-state index contributed by atoms with van der Waals surface area (Å²) >= 11 is 0. The minimum absolute atomic E-state index is 0.00510. The number of benzene rings is 1. The van der Waals surface area contributed by atoms with Crippen molar-refractivity contribution in [3.05, 3.63) is 35.4 Å². The third-order valence-corrected chi connectivity index (χ3v) is 6.77. The Morgan fingerprint density at radius 1 is 1.16 bits per heavy atom. The summed E-state index contributed by atoms with van der Waals surface area (Å²) in [7, 11) is -3.47. The Morgan fingerprint density at radius 2 is 1.76 bits per heavy atom. The molecule has 6 nitrogen and oxygen atoms in total. The second kappa shape index (κ2) is 7.05. The van der Waals surface area contributed by atoms with E-state index in [2.05, 4.69) is 0 Å². The van der Waals surface area contributed by atoms with Crippen LogP contribution in [0.15, 0.2) is 24.3 Å². The van der Waals surface area contributed by atoms with Crippen molar-refractivity contribution in [3.63, 3.8) is 0 Å². The fraction of sp³-hybridized carbons (Fsp3) is 0.611. The maximum atomic E-state index is 13.2. The molecule has 0 spiro atoms. The van der Waals surface area contributed by atoms with Crippen molar-refractivity contribution in [2.75, 3.05) is 18.8 Å². The number of carbonyl (C=O) groups is 1. The summed E-state index contributed by atoms with van der Waals surface area (Å²) in [6, 6.07) is 7.09. The van der Waals surface area contributed by atoms with E-state index in [1.807, 2.05) is 38.1 Å². The molecule has 1 aromatic rings. The van der Waals surface area contributed by atoms with Gasteiger partial charge in [-0.2, -0.15) is 4.31 Å². The molecule has 2 heterocycles. The molecule has 138 valence electrons. The van der Waals surface area contributed by atoms with Crippen molar-refractivity contribution in [1.29, 1.82) is 0 Å². The summed E-state index contributed by atoms with van der Waals surface area (Å²) in [6.07, 6.45) is 0.341. The van der Waals surface area contributed by atoms with Gasteiger partial charge < -0.3 is 9.64 Å². The molecule has 0 unspecified atom stereocenters. The molecule has 1 fully saturated rings. The first-order valence-corrected chi connectivity index (χ1v) is 10.4. The number of morpholine rings is 1. The van der Waals surface area contributed by atoms with Crippen molar-refractivity contribution in [2.24, 2.45) is 0 Å². The maximum Gasteiger partial charge on any atom is 0.241 e. The van der Waals surface area contributed by atoms with Gasteiger partial charge in [0.15, 0.2) is 0 Å². The van der Waals surface area contributed by atoms with Crippen molar-refractivity contribution in [1.82, 2.24) is 9.21 Å². The summed E-state index contributed by atoms with van der Waals surface area (Å²) in [5.74, 6) is -0.122. The van der Waals surface area contributed by atoms with Crippen LogP contribution in [0.2, 0.25) is 0 Å². The molecule has 7 heteroatoms. The quantitative estimate of drug-likeness (QED) is 0.811. The number of sulfonamides is 1. The van der Waals surface area contributed by atoms with Crippen LogP contribution in [-0.2, 0) is 32.5 Å². The van der Waals surface area contributed by atoms with E-state index in [9.17, 15) is 13.2 Å². The molecule has 2 aliphatic rings. The van der Waals surface area contributed by atoms with Gasteiger partial charge in [-0.1, -0.05) is 24.3 Å². The minimum atomic E-state index is -3.47. The summed E-state index contributed by atoms with van der Waals surface area (Å²) in [5, 5.41) is 0. The molecule has 25 heavy (non-hydrogen) atoms. The first kappa shape index (κ1) is 18.4. The maximum absolute atomic E-state index is 13.2. The lowest BCUT2D eigenvalue weighted by molar-refractivity contribution is -0.147. The molecular weight excluding hydrogens is 340 g/mol. The van der Waals surface area contributed by atoms with Gasteiger partial charge in [-0.3, -0.25) is 4.79 Å². The van der Waals surface area contributed by atoms with Gasteiger partial charge >= 0.3 is 0 Å². The largest absolute Gasteiger partial charge is 0.372 e. The molecule has 0 aromatic heterocycles. The van der Waals surface area contributed by atoms with E-state index >= 15 is 0 Å². The van der Waals surface area contributed by atoms with E-state index in [-0.39, 0.29) is 30.4 Å². The van der Waals surface area contributed by atoms with Crippen molar-refractivity contribution >= 4 is 15.9 Å². The molecule has 0 aliphatic carbocycles. The molecule has 3 rings (SSSR count). The van der Waals surface area contributed by atoms with Gasteiger partial charge in [-0.25, -0.2) is 8.42 Å². The van der Waals surface area contributed by atoms with Gasteiger partial charge in [0.05, 0.1) is 18.0 Å². The number of hydrogen-bond donors (Lipinski definition) is 0. The molecule has 3 atom stereocenters. The summed E-state index contributed by atoms with van der Waals surface area (Å²) in [5.41, 5.74) is 2.03. The van der Waals surface area contributed by atoms with E-state index in [4.69, 9.17) is 4.74 Å². The van der Waals surface area contributed by atoms with Gasteiger partial charge in [-0.15, -0.1) is 0 Å². The molecule has 1 saturated heterocycles. The Morgan fingerprint density at radius 3 is 2.36 bits per heavy atom.